The molecule has 1 aliphatic carbocycles. The zero-order chi connectivity index (χ0) is 17.4. The molecular formula is C25H24. The second kappa shape index (κ2) is 6.37. The number of allylic oxidation sites excluding steroid dienone is 1. The quantitative estimate of drug-likeness (QED) is 0.482. The fourth-order valence-electron chi connectivity index (χ4n) is 3.96. The van der Waals surface area contributed by atoms with Gasteiger partial charge in [-0.2, -0.15) is 0 Å². The zero-order valence-corrected chi connectivity index (χ0v) is 15.2. The maximum absolute atomic E-state index is 2.38. The molecule has 0 aromatic heterocycles. The highest BCUT2D eigenvalue weighted by molar-refractivity contribution is 5.93. The monoisotopic (exact) mass is 324 g/mol. The molecule has 4 rings (SSSR count). The van der Waals surface area contributed by atoms with Crippen LogP contribution in [0.3, 0.4) is 0 Å². The Morgan fingerprint density at radius 3 is 2.24 bits per heavy atom. The van der Waals surface area contributed by atoms with E-state index in [0.717, 1.165) is 6.42 Å². The van der Waals surface area contributed by atoms with Gasteiger partial charge in [0, 0.05) is 0 Å². The molecule has 0 fully saturated rings. The molecule has 3 aromatic carbocycles. The summed E-state index contributed by atoms with van der Waals surface area (Å²) in [4.78, 5) is 0. The summed E-state index contributed by atoms with van der Waals surface area (Å²) in [7, 11) is 0. The van der Waals surface area contributed by atoms with E-state index in [4.69, 9.17) is 0 Å². The predicted octanol–water partition coefficient (Wildman–Crippen LogP) is 7.10. The Kier molecular flexibility index (Phi) is 4.05. The first-order valence-electron chi connectivity index (χ1n) is 9.13. The Morgan fingerprint density at radius 1 is 0.760 bits per heavy atom. The lowest BCUT2D eigenvalue weighted by atomic mass is 9.84. The Bertz CT molecular complexity index is 943. The van der Waals surface area contributed by atoms with Gasteiger partial charge in [0.05, 0.1) is 0 Å². The first-order chi connectivity index (χ1) is 12.1. The minimum absolute atomic E-state index is 0.502. The summed E-state index contributed by atoms with van der Waals surface area (Å²) < 4.78 is 0. The van der Waals surface area contributed by atoms with Crippen molar-refractivity contribution in [3.63, 3.8) is 0 Å². The van der Waals surface area contributed by atoms with Gasteiger partial charge in [0.1, 0.15) is 0 Å². The van der Waals surface area contributed by atoms with E-state index in [2.05, 4.69) is 93.6 Å². The molecule has 124 valence electrons. The summed E-state index contributed by atoms with van der Waals surface area (Å²) in [6, 6.07) is 24.3. The molecule has 0 spiro atoms. The van der Waals surface area contributed by atoms with Crippen LogP contribution in [0.25, 0.3) is 28.3 Å². The van der Waals surface area contributed by atoms with Gasteiger partial charge < -0.3 is 0 Å². The fraction of sp³-hybridized carbons (Fsp3) is 0.200. The lowest BCUT2D eigenvalue weighted by Gasteiger charge is -2.19. The molecule has 25 heavy (non-hydrogen) atoms. The van der Waals surface area contributed by atoms with Gasteiger partial charge in [0.25, 0.3) is 0 Å². The molecule has 0 atom stereocenters. The third kappa shape index (κ3) is 2.82. The first-order valence-corrected chi connectivity index (χ1v) is 9.13. The van der Waals surface area contributed by atoms with Crippen molar-refractivity contribution in [1.29, 1.82) is 0 Å². The van der Waals surface area contributed by atoms with Crippen LogP contribution < -0.4 is 0 Å². The summed E-state index contributed by atoms with van der Waals surface area (Å²) in [5.74, 6) is 0.502. The maximum atomic E-state index is 2.38. The average Bonchev–Trinajstić information content (AvgIpc) is 3.01. The smallest absolute Gasteiger partial charge is 0.00271 e. The van der Waals surface area contributed by atoms with Crippen molar-refractivity contribution < 1.29 is 0 Å². The number of fused-ring (bicyclic) bond motifs is 1. The van der Waals surface area contributed by atoms with E-state index in [9.17, 15) is 0 Å². The third-order valence-electron chi connectivity index (χ3n) is 5.13. The molecule has 0 amide bonds. The predicted molar refractivity (Wildman–Crippen MR) is 109 cm³/mol. The zero-order valence-electron chi connectivity index (χ0n) is 15.2. The minimum atomic E-state index is 0.502. The molecule has 1 aliphatic rings. The molecule has 0 unspecified atom stereocenters. The number of rotatable bonds is 3. The van der Waals surface area contributed by atoms with E-state index in [1.165, 1.54) is 44.5 Å². The average molecular weight is 324 g/mol. The SMILES string of the molecule is CC1=Cc2c(ccc(-c3ccccc3)c2-c2ccccc2C(C)C)C1. The van der Waals surface area contributed by atoms with Crippen LogP contribution in [-0.4, -0.2) is 0 Å². The summed E-state index contributed by atoms with van der Waals surface area (Å²) in [6.07, 6.45) is 3.45. The Labute approximate surface area is 150 Å². The minimum Gasteiger partial charge on any atom is -0.0683 e. The standard InChI is InChI=1S/C25H24/c1-17(2)21-11-7-8-12-23(21)25-22(19-9-5-4-6-10-19)14-13-20-15-18(3)16-24(20)25/h4-14,16-17H,15H2,1-3H3. The Balaban J connectivity index is 2.06. The van der Waals surface area contributed by atoms with Crippen LogP contribution in [0.4, 0.5) is 0 Å². The summed E-state index contributed by atoms with van der Waals surface area (Å²) in [5, 5.41) is 0. The van der Waals surface area contributed by atoms with Crippen LogP contribution >= 0.6 is 0 Å². The number of hydrogen-bond acceptors (Lipinski definition) is 0. The van der Waals surface area contributed by atoms with Crippen molar-refractivity contribution in [2.24, 2.45) is 0 Å². The lowest BCUT2D eigenvalue weighted by molar-refractivity contribution is 0.869. The van der Waals surface area contributed by atoms with E-state index in [1.54, 1.807) is 0 Å². The van der Waals surface area contributed by atoms with Gasteiger partial charge in [-0.05, 0) is 58.2 Å². The molecule has 0 nitrogen and oxygen atoms in total. The fourth-order valence-corrected chi connectivity index (χ4v) is 3.96. The van der Waals surface area contributed by atoms with Gasteiger partial charge >= 0.3 is 0 Å². The molecule has 0 saturated carbocycles. The Morgan fingerprint density at radius 2 is 1.48 bits per heavy atom. The molecular weight excluding hydrogens is 300 g/mol. The van der Waals surface area contributed by atoms with Gasteiger partial charge in [-0.25, -0.2) is 0 Å². The highest BCUT2D eigenvalue weighted by Crippen LogP contribution is 2.43. The molecule has 0 saturated heterocycles. The molecule has 0 radical (unpaired) electrons. The van der Waals surface area contributed by atoms with E-state index < -0.39 is 0 Å². The topological polar surface area (TPSA) is 0 Å². The molecule has 0 heteroatoms. The number of hydrogen-bond donors (Lipinski definition) is 0. The van der Waals surface area contributed by atoms with E-state index in [-0.39, 0.29) is 0 Å². The van der Waals surface area contributed by atoms with Crippen LogP contribution in [0.15, 0.2) is 72.3 Å². The summed E-state index contributed by atoms with van der Waals surface area (Å²) in [5.41, 5.74) is 11.1. The molecule has 0 heterocycles. The number of benzene rings is 3. The van der Waals surface area contributed by atoms with Crippen LogP contribution in [-0.2, 0) is 6.42 Å². The molecule has 3 aromatic rings. The van der Waals surface area contributed by atoms with Crippen LogP contribution in [0.2, 0.25) is 0 Å². The van der Waals surface area contributed by atoms with Gasteiger partial charge in [-0.15, -0.1) is 0 Å². The maximum Gasteiger partial charge on any atom is -0.00271 e. The third-order valence-corrected chi connectivity index (χ3v) is 5.13. The Hall–Kier alpha value is -2.60. The van der Waals surface area contributed by atoms with Crippen molar-refractivity contribution >= 4 is 6.08 Å². The first kappa shape index (κ1) is 15.9. The van der Waals surface area contributed by atoms with E-state index in [1.807, 2.05) is 0 Å². The normalized spacial score (nSPS) is 13.0. The second-order valence-electron chi connectivity index (χ2n) is 7.34. The molecule has 0 bridgehead atoms. The molecule has 0 aliphatic heterocycles. The highest BCUT2D eigenvalue weighted by Gasteiger charge is 2.21. The van der Waals surface area contributed by atoms with Crippen molar-refractivity contribution in [2.75, 3.05) is 0 Å². The molecule has 0 N–H and O–H groups in total. The van der Waals surface area contributed by atoms with Crippen molar-refractivity contribution in [3.05, 3.63) is 89.0 Å². The summed E-state index contributed by atoms with van der Waals surface area (Å²) >= 11 is 0. The van der Waals surface area contributed by atoms with Crippen LogP contribution in [0.5, 0.6) is 0 Å². The van der Waals surface area contributed by atoms with Crippen molar-refractivity contribution in [1.82, 2.24) is 0 Å². The second-order valence-corrected chi connectivity index (χ2v) is 7.34. The summed E-state index contributed by atoms with van der Waals surface area (Å²) in [6.45, 7) is 6.80. The van der Waals surface area contributed by atoms with Crippen LogP contribution in [0.1, 0.15) is 43.4 Å². The van der Waals surface area contributed by atoms with Crippen molar-refractivity contribution in [2.45, 2.75) is 33.1 Å². The lowest BCUT2D eigenvalue weighted by Crippen LogP contribution is -1.97. The largest absolute Gasteiger partial charge is 0.0683 e. The van der Waals surface area contributed by atoms with Gasteiger partial charge in [-0.1, -0.05) is 92.2 Å². The van der Waals surface area contributed by atoms with Crippen molar-refractivity contribution in [3.8, 4) is 22.3 Å². The van der Waals surface area contributed by atoms with Gasteiger partial charge in [-0.3, -0.25) is 0 Å². The van der Waals surface area contributed by atoms with E-state index >= 15 is 0 Å². The van der Waals surface area contributed by atoms with Gasteiger partial charge in [0.15, 0.2) is 0 Å². The van der Waals surface area contributed by atoms with Gasteiger partial charge in [0.2, 0.25) is 0 Å². The highest BCUT2D eigenvalue weighted by atomic mass is 14.2. The van der Waals surface area contributed by atoms with E-state index in [0.29, 0.717) is 5.92 Å². The van der Waals surface area contributed by atoms with Crippen LogP contribution in [0, 0.1) is 0 Å².